The number of carbonyl (C=O) groups excluding carboxylic acids is 1. The van der Waals surface area contributed by atoms with Crippen molar-refractivity contribution in [1.29, 1.82) is 0 Å². The molecule has 8 heteroatoms. The number of nitrogens with two attached hydrogens (primary N) is 1. The zero-order valence-corrected chi connectivity index (χ0v) is 11.1. The topological polar surface area (TPSA) is 93.4 Å². The number of anilines is 2. The van der Waals surface area contributed by atoms with Gasteiger partial charge in [-0.05, 0) is 6.42 Å². The Balaban J connectivity index is 2.08. The van der Waals surface area contributed by atoms with E-state index in [0.717, 1.165) is 6.42 Å². The van der Waals surface area contributed by atoms with Crippen LogP contribution in [0.4, 0.5) is 11.1 Å². The van der Waals surface area contributed by atoms with Crippen LogP contribution >= 0.6 is 11.5 Å². The fourth-order valence-electron chi connectivity index (χ4n) is 1.76. The number of hydrogen-bond donors (Lipinski definition) is 2. The lowest BCUT2D eigenvalue weighted by atomic mass is 10.2. The maximum atomic E-state index is 12.0. The first kappa shape index (κ1) is 13.0. The first-order chi connectivity index (χ1) is 8.72. The van der Waals surface area contributed by atoms with Crippen molar-refractivity contribution in [2.45, 2.75) is 19.4 Å². The van der Waals surface area contributed by atoms with Crippen LogP contribution in [0, 0.1) is 0 Å². The average molecular weight is 271 g/mol. The minimum absolute atomic E-state index is 0.0367. The number of carbonyl (C=O) groups is 1. The van der Waals surface area contributed by atoms with Gasteiger partial charge in [0, 0.05) is 24.6 Å². The van der Waals surface area contributed by atoms with Crippen LogP contribution in [-0.4, -0.2) is 47.6 Å². The average Bonchev–Trinajstić information content (AvgIpc) is 2.82. The van der Waals surface area contributed by atoms with E-state index in [4.69, 9.17) is 10.5 Å². The number of nitrogens with zero attached hydrogens (tertiary/aromatic N) is 3. The van der Waals surface area contributed by atoms with E-state index in [9.17, 15) is 4.79 Å². The molecule has 0 aromatic carbocycles. The first-order valence-corrected chi connectivity index (χ1v) is 6.71. The maximum absolute atomic E-state index is 12.0. The van der Waals surface area contributed by atoms with Gasteiger partial charge in [0.1, 0.15) is 6.04 Å². The van der Waals surface area contributed by atoms with E-state index in [2.05, 4.69) is 14.7 Å². The molecule has 0 aliphatic carbocycles. The molecule has 1 aromatic rings. The minimum atomic E-state index is -0.349. The van der Waals surface area contributed by atoms with Gasteiger partial charge in [0.2, 0.25) is 17.0 Å². The third-order valence-electron chi connectivity index (χ3n) is 2.66. The van der Waals surface area contributed by atoms with Gasteiger partial charge >= 0.3 is 0 Å². The Morgan fingerprint density at radius 2 is 2.56 bits per heavy atom. The van der Waals surface area contributed by atoms with Crippen molar-refractivity contribution >= 4 is 28.5 Å². The fraction of sp³-hybridized carbons (Fsp3) is 0.700. The molecule has 0 bridgehead atoms. The summed E-state index contributed by atoms with van der Waals surface area (Å²) in [5.74, 6) is 0.208. The monoisotopic (exact) mass is 271 g/mol. The first-order valence-electron chi connectivity index (χ1n) is 5.93. The predicted octanol–water partition coefficient (Wildman–Crippen LogP) is -0.148. The lowest BCUT2D eigenvalue weighted by Gasteiger charge is -2.33. The summed E-state index contributed by atoms with van der Waals surface area (Å²) in [6, 6.07) is -0.349. The van der Waals surface area contributed by atoms with Crippen LogP contribution in [-0.2, 0) is 9.53 Å². The number of nitrogens with one attached hydrogen (secondary N) is 1. The molecule has 1 aromatic heterocycles. The summed E-state index contributed by atoms with van der Waals surface area (Å²) >= 11 is 1.21. The molecule has 0 saturated carbocycles. The molecule has 2 heterocycles. The zero-order chi connectivity index (χ0) is 13.0. The smallest absolute Gasteiger partial charge is 0.245 e. The number of morpholine rings is 1. The second-order valence-corrected chi connectivity index (χ2v) is 4.74. The van der Waals surface area contributed by atoms with Gasteiger partial charge in [-0.1, -0.05) is 6.92 Å². The summed E-state index contributed by atoms with van der Waals surface area (Å²) in [4.78, 5) is 18.1. The van der Waals surface area contributed by atoms with Crippen LogP contribution in [0.15, 0.2) is 0 Å². The van der Waals surface area contributed by atoms with Crippen LogP contribution in [0.25, 0.3) is 0 Å². The van der Waals surface area contributed by atoms with E-state index in [1.54, 1.807) is 0 Å². The van der Waals surface area contributed by atoms with Crippen molar-refractivity contribution in [1.82, 2.24) is 14.7 Å². The highest BCUT2D eigenvalue weighted by Crippen LogP contribution is 2.22. The van der Waals surface area contributed by atoms with Crippen LogP contribution in [0.3, 0.4) is 0 Å². The Bertz CT molecular complexity index is 411. The molecule has 1 unspecified atom stereocenters. The summed E-state index contributed by atoms with van der Waals surface area (Å²) in [6.07, 6.45) is 0.908. The van der Waals surface area contributed by atoms with E-state index in [0.29, 0.717) is 31.4 Å². The molecule has 18 heavy (non-hydrogen) atoms. The lowest BCUT2D eigenvalue weighted by molar-refractivity contribution is -0.124. The summed E-state index contributed by atoms with van der Waals surface area (Å²) in [5, 5.41) is 3.55. The molecule has 1 aliphatic heterocycles. The number of aromatic nitrogens is 2. The normalized spacial score (nSPS) is 19.8. The van der Waals surface area contributed by atoms with Gasteiger partial charge in [-0.25, -0.2) is 0 Å². The molecular weight excluding hydrogens is 254 g/mol. The third kappa shape index (κ3) is 2.88. The molecule has 1 aliphatic rings. The number of amides is 1. The molecule has 2 rings (SSSR count). The van der Waals surface area contributed by atoms with Crippen LogP contribution in [0.5, 0.6) is 0 Å². The van der Waals surface area contributed by atoms with Gasteiger partial charge in [-0.15, -0.1) is 0 Å². The van der Waals surface area contributed by atoms with Crippen molar-refractivity contribution < 1.29 is 9.53 Å². The molecule has 100 valence electrons. The molecule has 7 nitrogen and oxygen atoms in total. The Labute approximate surface area is 109 Å². The van der Waals surface area contributed by atoms with Gasteiger partial charge < -0.3 is 20.7 Å². The largest absolute Gasteiger partial charge is 0.377 e. The predicted molar refractivity (Wildman–Crippen MR) is 69.6 cm³/mol. The van der Waals surface area contributed by atoms with E-state index < -0.39 is 0 Å². The van der Waals surface area contributed by atoms with Crippen molar-refractivity contribution in [3.8, 4) is 0 Å². The van der Waals surface area contributed by atoms with Gasteiger partial charge in [0.15, 0.2) is 0 Å². The Morgan fingerprint density at radius 3 is 3.22 bits per heavy atom. The Kier molecular flexibility index (Phi) is 4.32. The van der Waals surface area contributed by atoms with E-state index in [-0.39, 0.29) is 17.9 Å². The molecular formula is C10H17N5O2S. The summed E-state index contributed by atoms with van der Waals surface area (Å²) in [6.45, 7) is 4.26. The van der Waals surface area contributed by atoms with Crippen molar-refractivity contribution in [2.24, 2.45) is 0 Å². The highest BCUT2D eigenvalue weighted by atomic mass is 32.1. The number of nitrogen functional groups attached to an aromatic ring is 1. The molecule has 1 saturated heterocycles. The number of rotatable bonds is 4. The van der Waals surface area contributed by atoms with E-state index >= 15 is 0 Å². The van der Waals surface area contributed by atoms with Gasteiger partial charge in [-0.3, -0.25) is 4.79 Å². The van der Waals surface area contributed by atoms with Crippen LogP contribution in [0.1, 0.15) is 13.3 Å². The van der Waals surface area contributed by atoms with Gasteiger partial charge in [-0.2, -0.15) is 9.36 Å². The van der Waals surface area contributed by atoms with Gasteiger partial charge in [0.25, 0.3) is 0 Å². The summed E-state index contributed by atoms with van der Waals surface area (Å²) in [5.41, 5.74) is 5.52. The summed E-state index contributed by atoms with van der Waals surface area (Å²) in [7, 11) is 0. The standard InChI is InChI=1S/C10H17N5O2S/c1-2-3-12-8(16)7-6-17-5-4-15(7)10-13-9(11)14-18-10/h7H,2-6H2,1H3,(H2,11,14)(H,12,16). The third-order valence-corrected chi connectivity index (χ3v) is 3.42. The highest BCUT2D eigenvalue weighted by molar-refractivity contribution is 7.09. The molecule has 1 atom stereocenters. The van der Waals surface area contributed by atoms with Gasteiger partial charge in [0.05, 0.1) is 13.2 Å². The molecule has 3 N–H and O–H groups in total. The van der Waals surface area contributed by atoms with Crippen LogP contribution < -0.4 is 16.0 Å². The Hall–Kier alpha value is -1.41. The van der Waals surface area contributed by atoms with Crippen LogP contribution in [0.2, 0.25) is 0 Å². The molecule has 1 fully saturated rings. The molecule has 1 amide bonds. The number of ether oxygens (including phenoxy) is 1. The molecule has 0 spiro atoms. The summed E-state index contributed by atoms with van der Waals surface area (Å²) < 4.78 is 9.31. The van der Waals surface area contributed by atoms with Crippen molar-refractivity contribution in [3.63, 3.8) is 0 Å². The number of hydrogen-bond acceptors (Lipinski definition) is 7. The zero-order valence-electron chi connectivity index (χ0n) is 10.3. The second kappa shape index (κ2) is 5.96. The van der Waals surface area contributed by atoms with E-state index in [1.165, 1.54) is 11.5 Å². The molecule has 0 radical (unpaired) electrons. The van der Waals surface area contributed by atoms with E-state index in [1.807, 2.05) is 11.8 Å². The SMILES string of the molecule is CCCNC(=O)C1COCCN1c1nc(N)ns1. The fourth-order valence-corrected chi connectivity index (χ4v) is 2.43. The maximum Gasteiger partial charge on any atom is 0.245 e. The lowest BCUT2D eigenvalue weighted by Crippen LogP contribution is -2.54. The Morgan fingerprint density at radius 1 is 1.72 bits per heavy atom. The quantitative estimate of drug-likeness (QED) is 0.791. The minimum Gasteiger partial charge on any atom is -0.377 e. The van der Waals surface area contributed by atoms with Crippen molar-refractivity contribution in [3.05, 3.63) is 0 Å². The highest BCUT2D eigenvalue weighted by Gasteiger charge is 2.31. The second-order valence-electron chi connectivity index (χ2n) is 4.01. The van der Waals surface area contributed by atoms with Crippen molar-refractivity contribution in [2.75, 3.05) is 36.9 Å².